The number of carboxylic acids is 1. The SMILES string of the molecule is CC(C)(C)CCC(NC(=O)C1CC(NC(=O)OCC2c3ccccc3-c3ccccc32)C1)C(=O)O. The van der Waals surface area contributed by atoms with Crippen LogP contribution in [0, 0.1) is 11.3 Å². The highest BCUT2D eigenvalue weighted by molar-refractivity contribution is 5.86. The van der Waals surface area contributed by atoms with E-state index in [0.29, 0.717) is 25.7 Å². The Morgan fingerprint density at radius 1 is 1.00 bits per heavy atom. The molecule has 0 bridgehead atoms. The number of carbonyl (C=O) groups is 3. The number of ether oxygens (including phenoxy) is 1. The molecule has 4 rings (SSSR count). The van der Waals surface area contributed by atoms with Crippen molar-refractivity contribution in [1.29, 1.82) is 0 Å². The molecule has 0 aromatic heterocycles. The van der Waals surface area contributed by atoms with Crippen LogP contribution in [0.2, 0.25) is 0 Å². The molecular formula is C28H34N2O5. The van der Waals surface area contributed by atoms with E-state index in [0.717, 1.165) is 11.1 Å². The van der Waals surface area contributed by atoms with Crippen molar-refractivity contribution in [1.82, 2.24) is 10.6 Å². The predicted molar refractivity (Wildman–Crippen MR) is 133 cm³/mol. The second kappa shape index (κ2) is 10.1. The first kappa shape index (κ1) is 24.8. The van der Waals surface area contributed by atoms with Gasteiger partial charge in [-0.15, -0.1) is 0 Å². The van der Waals surface area contributed by atoms with Crippen LogP contribution in [0.15, 0.2) is 48.5 Å². The summed E-state index contributed by atoms with van der Waals surface area (Å²) in [5.74, 6) is -1.59. The normalized spacial score (nSPS) is 19.6. The van der Waals surface area contributed by atoms with Crippen molar-refractivity contribution in [3.63, 3.8) is 0 Å². The molecule has 3 N–H and O–H groups in total. The van der Waals surface area contributed by atoms with Gasteiger partial charge in [0.15, 0.2) is 0 Å². The van der Waals surface area contributed by atoms with E-state index < -0.39 is 18.1 Å². The first-order chi connectivity index (χ1) is 16.6. The van der Waals surface area contributed by atoms with E-state index in [4.69, 9.17) is 4.74 Å². The van der Waals surface area contributed by atoms with Crippen LogP contribution < -0.4 is 10.6 Å². The fraction of sp³-hybridized carbons (Fsp3) is 0.464. The predicted octanol–water partition coefficient (Wildman–Crippen LogP) is 4.70. The van der Waals surface area contributed by atoms with Crippen molar-refractivity contribution in [2.45, 2.75) is 64.5 Å². The number of amides is 2. The Bertz CT molecular complexity index is 1060. The molecule has 35 heavy (non-hydrogen) atoms. The number of carbonyl (C=O) groups excluding carboxylic acids is 2. The van der Waals surface area contributed by atoms with E-state index in [1.807, 2.05) is 45.0 Å². The summed E-state index contributed by atoms with van der Waals surface area (Å²) in [5.41, 5.74) is 4.65. The summed E-state index contributed by atoms with van der Waals surface area (Å²) in [4.78, 5) is 36.5. The van der Waals surface area contributed by atoms with Crippen molar-refractivity contribution in [3.05, 3.63) is 59.7 Å². The monoisotopic (exact) mass is 478 g/mol. The van der Waals surface area contributed by atoms with Crippen LogP contribution in [0.5, 0.6) is 0 Å². The van der Waals surface area contributed by atoms with Crippen LogP contribution >= 0.6 is 0 Å². The standard InChI is InChI=1S/C28H34N2O5/c1-28(2,3)13-12-24(26(32)33)30-25(31)17-14-18(15-17)29-27(34)35-16-23-21-10-6-4-8-19(21)20-9-5-7-11-22(20)23/h4-11,17-18,23-24H,12-16H2,1-3H3,(H,29,34)(H,30,31)(H,32,33). The zero-order chi connectivity index (χ0) is 25.2. The molecule has 2 aliphatic rings. The summed E-state index contributed by atoms with van der Waals surface area (Å²) in [6, 6.07) is 15.3. The molecule has 0 aliphatic heterocycles. The van der Waals surface area contributed by atoms with E-state index in [1.165, 1.54) is 11.1 Å². The van der Waals surface area contributed by atoms with Crippen molar-refractivity contribution >= 4 is 18.0 Å². The molecule has 1 atom stereocenters. The van der Waals surface area contributed by atoms with Crippen LogP contribution in [0.25, 0.3) is 11.1 Å². The maximum Gasteiger partial charge on any atom is 0.407 e. The van der Waals surface area contributed by atoms with Crippen LogP contribution in [0.1, 0.15) is 63.5 Å². The maximum absolute atomic E-state index is 12.5. The van der Waals surface area contributed by atoms with Crippen LogP contribution in [-0.2, 0) is 14.3 Å². The number of hydrogen-bond acceptors (Lipinski definition) is 4. The average molecular weight is 479 g/mol. The Morgan fingerprint density at radius 2 is 1.57 bits per heavy atom. The molecule has 0 saturated heterocycles. The first-order valence-electron chi connectivity index (χ1n) is 12.3. The topological polar surface area (TPSA) is 105 Å². The van der Waals surface area contributed by atoms with Crippen molar-refractivity contribution in [2.75, 3.05) is 6.61 Å². The highest BCUT2D eigenvalue weighted by Crippen LogP contribution is 2.44. The number of alkyl carbamates (subject to hydrolysis) is 1. The highest BCUT2D eigenvalue weighted by atomic mass is 16.5. The lowest BCUT2D eigenvalue weighted by molar-refractivity contribution is -0.143. The minimum absolute atomic E-state index is 0.00545. The minimum Gasteiger partial charge on any atom is -0.480 e. The van der Waals surface area contributed by atoms with E-state index >= 15 is 0 Å². The summed E-state index contributed by atoms with van der Waals surface area (Å²) in [7, 11) is 0. The average Bonchev–Trinajstić information content (AvgIpc) is 3.10. The molecule has 1 unspecified atom stereocenters. The Kier molecular flexibility index (Phi) is 7.15. The van der Waals surface area contributed by atoms with Crippen LogP contribution in [0.4, 0.5) is 4.79 Å². The smallest absolute Gasteiger partial charge is 0.407 e. The van der Waals surface area contributed by atoms with Crippen molar-refractivity contribution in [3.8, 4) is 11.1 Å². The molecule has 7 heteroatoms. The van der Waals surface area contributed by atoms with Crippen molar-refractivity contribution < 1.29 is 24.2 Å². The van der Waals surface area contributed by atoms with Gasteiger partial charge in [0.2, 0.25) is 5.91 Å². The van der Waals surface area contributed by atoms with Gasteiger partial charge in [-0.2, -0.15) is 0 Å². The van der Waals surface area contributed by atoms with Gasteiger partial charge >= 0.3 is 12.1 Å². The molecule has 0 heterocycles. The van der Waals surface area contributed by atoms with E-state index in [1.54, 1.807) is 0 Å². The van der Waals surface area contributed by atoms with E-state index in [9.17, 15) is 19.5 Å². The van der Waals surface area contributed by atoms with Gasteiger partial charge in [-0.25, -0.2) is 9.59 Å². The molecule has 2 aromatic carbocycles. The fourth-order valence-corrected chi connectivity index (χ4v) is 4.88. The second-order valence-corrected chi connectivity index (χ2v) is 10.8. The molecule has 1 fully saturated rings. The molecule has 186 valence electrons. The van der Waals surface area contributed by atoms with Gasteiger partial charge in [0, 0.05) is 17.9 Å². The summed E-state index contributed by atoms with van der Waals surface area (Å²) in [6.45, 7) is 6.36. The van der Waals surface area contributed by atoms with Gasteiger partial charge < -0.3 is 20.5 Å². The molecule has 2 aromatic rings. The maximum atomic E-state index is 12.5. The van der Waals surface area contributed by atoms with E-state index in [-0.39, 0.29) is 35.8 Å². The van der Waals surface area contributed by atoms with Gasteiger partial charge in [0.25, 0.3) is 0 Å². The molecule has 0 spiro atoms. The summed E-state index contributed by atoms with van der Waals surface area (Å²) >= 11 is 0. The summed E-state index contributed by atoms with van der Waals surface area (Å²) in [5, 5.41) is 14.9. The zero-order valence-corrected chi connectivity index (χ0v) is 20.5. The number of carboxylic acid groups (broad SMARTS) is 1. The lowest BCUT2D eigenvalue weighted by atomic mass is 9.79. The number of rotatable bonds is 8. The van der Waals surface area contributed by atoms with Gasteiger partial charge in [0.1, 0.15) is 12.6 Å². The quantitative estimate of drug-likeness (QED) is 0.510. The second-order valence-electron chi connectivity index (χ2n) is 10.8. The van der Waals surface area contributed by atoms with E-state index in [2.05, 4.69) is 34.9 Å². The summed E-state index contributed by atoms with van der Waals surface area (Å²) in [6.07, 6.45) is 1.53. The third kappa shape index (κ3) is 5.84. The number of benzene rings is 2. The van der Waals surface area contributed by atoms with Crippen LogP contribution in [0.3, 0.4) is 0 Å². The molecule has 7 nitrogen and oxygen atoms in total. The van der Waals surface area contributed by atoms with Crippen molar-refractivity contribution in [2.24, 2.45) is 11.3 Å². The van der Waals surface area contributed by atoms with Gasteiger partial charge in [-0.3, -0.25) is 4.79 Å². The summed E-state index contributed by atoms with van der Waals surface area (Å²) < 4.78 is 5.57. The number of nitrogens with one attached hydrogen (secondary N) is 2. The zero-order valence-electron chi connectivity index (χ0n) is 20.5. The fourth-order valence-electron chi connectivity index (χ4n) is 4.88. The number of fused-ring (bicyclic) bond motifs is 3. The van der Waals surface area contributed by atoms with Gasteiger partial charge in [-0.05, 0) is 53.4 Å². The Morgan fingerprint density at radius 3 is 2.11 bits per heavy atom. The van der Waals surface area contributed by atoms with Gasteiger partial charge in [-0.1, -0.05) is 69.3 Å². The lowest BCUT2D eigenvalue weighted by Gasteiger charge is -2.35. The largest absolute Gasteiger partial charge is 0.480 e. The number of hydrogen-bond donors (Lipinski definition) is 3. The Hall–Kier alpha value is -3.35. The lowest BCUT2D eigenvalue weighted by Crippen LogP contribution is -2.52. The molecular weight excluding hydrogens is 444 g/mol. The molecule has 2 amide bonds. The van der Waals surface area contributed by atoms with Crippen LogP contribution in [-0.4, -0.2) is 41.8 Å². The number of aliphatic carboxylic acids is 1. The first-order valence-corrected chi connectivity index (χ1v) is 12.3. The molecule has 0 radical (unpaired) electrons. The molecule has 1 saturated carbocycles. The minimum atomic E-state index is -1.02. The molecule has 2 aliphatic carbocycles. The Balaban J connectivity index is 1.23. The third-order valence-corrected chi connectivity index (χ3v) is 6.97. The van der Waals surface area contributed by atoms with Gasteiger partial charge in [0.05, 0.1) is 0 Å². The Labute approximate surface area is 206 Å². The highest BCUT2D eigenvalue weighted by Gasteiger charge is 2.37. The third-order valence-electron chi connectivity index (χ3n) is 6.97.